The average Bonchev–Trinajstić information content (AvgIpc) is 2.82. The normalized spacial score (nSPS) is 11.5. The van der Waals surface area contributed by atoms with Crippen LogP contribution in [0.2, 0.25) is 0 Å². The van der Waals surface area contributed by atoms with Crippen LogP contribution in [0.1, 0.15) is 44.5 Å². The van der Waals surface area contributed by atoms with Crippen LogP contribution in [0.25, 0.3) is 0 Å². The number of hydrogen-bond donors (Lipinski definition) is 0. The van der Waals surface area contributed by atoms with E-state index < -0.39 is 18.1 Å². The minimum absolute atomic E-state index is 1.32. The van der Waals surface area contributed by atoms with Crippen molar-refractivity contribution < 1.29 is 4.12 Å². The predicted octanol–water partition coefficient (Wildman–Crippen LogP) is 5.08. The van der Waals surface area contributed by atoms with Crippen LogP contribution in [0.5, 0.6) is 0 Å². The van der Waals surface area contributed by atoms with Crippen molar-refractivity contribution in [2.75, 3.05) is 0 Å². The quantitative estimate of drug-likeness (QED) is 0.341. The van der Waals surface area contributed by atoms with Crippen molar-refractivity contribution in [1.29, 1.82) is 0 Å². The molecule has 0 unspecified atom stereocenters. The molecule has 0 saturated carbocycles. The molecule has 2 radical (unpaired) electrons. The molecular formula is C32H36OSi2. The van der Waals surface area contributed by atoms with Crippen LogP contribution in [0.15, 0.2) is 72.8 Å². The fourth-order valence-corrected chi connectivity index (χ4v) is 9.90. The Morgan fingerprint density at radius 2 is 0.571 bits per heavy atom. The van der Waals surface area contributed by atoms with Gasteiger partial charge in [-0.25, -0.2) is 0 Å². The van der Waals surface area contributed by atoms with Gasteiger partial charge in [0.25, 0.3) is 18.1 Å². The van der Waals surface area contributed by atoms with Crippen LogP contribution in [-0.4, -0.2) is 18.1 Å². The summed E-state index contributed by atoms with van der Waals surface area (Å²) < 4.78 is 7.38. The van der Waals surface area contributed by atoms with E-state index in [1.165, 1.54) is 65.3 Å². The summed E-state index contributed by atoms with van der Waals surface area (Å²) in [5.41, 5.74) is 10.6. The summed E-state index contributed by atoms with van der Waals surface area (Å²) in [6, 6.07) is 27.5. The molecule has 0 bridgehead atoms. The Hall–Kier alpha value is -2.73. The SMILES string of the molecule is Cc1ccc([Si](O[Si](c2ccc(C)c(C)c2)c2ccc(C)c(C)c2)c2ccc(C)c(C)c2)cc1C. The van der Waals surface area contributed by atoms with Crippen molar-refractivity contribution in [3.05, 3.63) is 117 Å². The molecule has 0 fully saturated rings. The van der Waals surface area contributed by atoms with Gasteiger partial charge in [-0.15, -0.1) is 0 Å². The summed E-state index contributed by atoms with van der Waals surface area (Å²) in [6.45, 7) is 17.6. The van der Waals surface area contributed by atoms with E-state index in [9.17, 15) is 0 Å². The minimum atomic E-state index is -1.47. The van der Waals surface area contributed by atoms with E-state index in [1.54, 1.807) is 0 Å². The van der Waals surface area contributed by atoms with Crippen molar-refractivity contribution in [1.82, 2.24) is 0 Å². The third-order valence-corrected chi connectivity index (χ3v) is 12.3. The number of aryl methyl sites for hydroxylation is 8. The first kappa shape index (κ1) is 25.4. The van der Waals surface area contributed by atoms with E-state index in [-0.39, 0.29) is 0 Å². The highest BCUT2D eigenvalue weighted by molar-refractivity contribution is 6.91. The maximum Gasteiger partial charge on any atom is 0.272 e. The molecule has 0 saturated heterocycles. The summed E-state index contributed by atoms with van der Waals surface area (Å²) in [6.07, 6.45) is 0. The summed E-state index contributed by atoms with van der Waals surface area (Å²) in [4.78, 5) is 0. The van der Waals surface area contributed by atoms with E-state index in [1.807, 2.05) is 0 Å². The molecule has 3 heteroatoms. The second kappa shape index (κ2) is 10.5. The molecule has 35 heavy (non-hydrogen) atoms. The van der Waals surface area contributed by atoms with E-state index in [2.05, 4.69) is 128 Å². The molecule has 0 amide bonds. The first-order valence-corrected chi connectivity index (χ1v) is 15.2. The number of rotatable bonds is 6. The molecular weight excluding hydrogens is 457 g/mol. The smallest absolute Gasteiger partial charge is 0.272 e. The topological polar surface area (TPSA) is 9.23 Å². The molecule has 0 aliphatic carbocycles. The Labute approximate surface area is 215 Å². The number of hydrogen-bond acceptors (Lipinski definition) is 1. The Bertz CT molecular complexity index is 1160. The summed E-state index contributed by atoms with van der Waals surface area (Å²) >= 11 is 0. The lowest BCUT2D eigenvalue weighted by molar-refractivity contribution is 0.633. The fraction of sp³-hybridized carbons (Fsp3) is 0.250. The molecule has 0 aliphatic heterocycles. The van der Waals surface area contributed by atoms with Crippen LogP contribution >= 0.6 is 0 Å². The standard InChI is InChI=1S/C32H36OSi2/c1-21-9-13-29(17-25(21)5)34(30-14-10-22(2)26(6)18-30)33-35(31-15-11-23(3)27(7)19-31)32-16-12-24(4)28(8)20-32/h9-20H,1-8H3. The zero-order valence-electron chi connectivity index (χ0n) is 22.3. The minimum Gasteiger partial charge on any atom is -0.442 e. The van der Waals surface area contributed by atoms with Gasteiger partial charge in [0.15, 0.2) is 0 Å². The maximum atomic E-state index is 7.38. The molecule has 178 valence electrons. The van der Waals surface area contributed by atoms with Gasteiger partial charge < -0.3 is 4.12 Å². The number of benzene rings is 4. The molecule has 1 nitrogen and oxygen atoms in total. The Kier molecular flexibility index (Phi) is 7.60. The summed E-state index contributed by atoms with van der Waals surface area (Å²) in [5.74, 6) is 0. The molecule has 0 spiro atoms. The Balaban J connectivity index is 1.88. The first-order chi connectivity index (χ1) is 16.6. The third kappa shape index (κ3) is 5.58. The molecule has 0 heterocycles. The zero-order valence-corrected chi connectivity index (χ0v) is 24.3. The lowest BCUT2D eigenvalue weighted by Crippen LogP contribution is -2.56. The summed E-state index contributed by atoms with van der Waals surface area (Å²) in [5, 5.41) is 5.26. The average molecular weight is 493 g/mol. The van der Waals surface area contributed by atoms with Crippen molar-refractivity contribution in [2.45, 2.75) is 55.4 Å². The predicted molar refractivity (Wildman–Crippen MR) is 155 cm³/mol. The highest BCUT2D eigenvalue weighted by atomic mass is 28.4. The largest absolute Gasteiger partial charge is 0.442 e. The van der Waals surface area contributed by atoms with E-state index in [4.69, 9.17) is 4.12 Å². The van der Waals surface area contributed by atoms with E-state index >= 15 is 0 Å². The van der Waals surface area contributed by atoms with Gasteiger partial charge in [-0.05, 0) is 121 Å². The lowest BCUT2D eigenvalue weighted by atomic mass is 10.1. The fourth-order valence-electron chi connectivity index (χ4n) is 4.20. The van der Waals surface area contributed by atoms with Crippen LogP contribution < -0.4 is 20.7 Å². The maximum absolute atomic E-state index is 7.38. The van der Waals surface area contributed by atoms with Crippen LogP contribution in [0.3, 0.4) is 0 Å². The lowest BCUT2D eigenvalue weighted by Gasteiger charge is -2.25. The monoisotopic (exact) mass is 492 g/mol. The second-order valence-corrected chi connectivity index (χ2v) is 14.4. The zero-order chi connectivity index (χ0) is 25.3. The van der Waals surface area contributed by atoms with E-state index in [0.29, 0.717) is 0 Å². The first-order valence-electron chi connectivity index (χ1n) is 12.4. The van der Waals surface area contributed by atoms with Gasteiger partial charge in [-0.2, -0.15) is 0 Å². The van der Waals surface area contributed by atoms with Crippen molar-refractivity contribution in [3.8, 4) is 0 Å². The molecule has 0 N–H and O–H groups in total. The van der Waals surface area contributed by atoms with Crippen molar-refractivity contribution in [3.63, 3.8) is 0 Å². The molecule has 0 aromatic heterocycles. The second-order valence-electron chi connectivity index (χ2n) is 9.96. The van der Waals surface area contributed by atoms with E-state index in [0.717, 1.165) is 0 Å². The van der Waals surface area contributed by atoms with Gasteiger partial charge in [0, 0.05) is 0 Å². The van der Waals surface area contributed by atoms with Crippen LogP contribution in [0, 0.1) is 55.4 Å². The van der Waals surface area contributed by atoms with Crippen molar-refractivity contribution >= 4 is 38.8 Å². The van der Waals surface area contributed by atoms with Crippen LogP contribution in [0.4, 0.5) is 0 Å². The highest BCUT2D eigenvalue weighted by Crippen LogP contribution is 2.11. The van der Waals surface area contributed by atoms with Gasteiger partial charge in [0.1, 0.15) is 0 Å². The Morgan fingerprint density at radius 3 is 0.771 bits per heavy atom. The van der Waals surface area contributed by atoms with Gasteiger partial charge in [-0.1, -0.05) is 72.8 Å². The molecule has 0 atom stereocenters. The Morgan fingerprint density at radius 1 is 0.343 bits per heavy atom. The third-order valence-electron chi connectivity index (χ3n) is 7.28. The molecule has 4 aromatic carbocycles. The van der Waals surface area contributed by atoms with Gasteiger partial charge in [0.2, 0.25) is 0 Å². The molecule has 4 rings (SSSR count). The van der Waals surface area contributed by atoms with Crippen molar-refractivity contribution in [2.24, 2.45) is 0 Å². The van der Waals surface area contributed by atoms with Crippen LogP contribution in [-0.2, 0) is 4.12 Å². The highest BCUT2D eigenvalue weighted by Gasteiger charge is 2.29. The van der Waals surface area contributed by atoms with Gasteiger partial charge >= 0.3 is 0 Å². The van der Waals surface area contributed by atoms with Gasteiger partial charge in [-0.3, -0.25) is 0 Å². The van der Waals surface area contributed by atoms with Gasteiger partial charge in [0.05, 0.1) is 0 Å². The summed E-state index contributed by atoms with van der Waals surface area (Å²) in [7, 11) is -2.94. The molecule has 4 aromatic rings. The molecule has 0 aliphatic rings.